The average Bonchev–Trinajstić information content (AvgIpc) is 3.25. The normalized spacial score (nSPS) is 12.0. The van der Waals surface area contributed by atoms with E-state index >= 15 is 0 Å². The lowest BCUT2D eigenvalue weighted by Gasteiger charge is -2.18. The number of thiophene rings is 1. The van der Waals surface area contributed by atoms with Crippen LogP contribution in [0.1, 0.15) is 16.5 Å². The molecule has 1 aromatic carbocycles. The third-order valence-electron chi connectivity index (χ3n) is 3.00. The van der Waals surface area contributed by atoms with E-state index in [2.05, 4.69) is 15.5 Å². The number of thioether (sulfide) groups is 1. The van der Waals surface area contributed by atoms with Crippen LogP contribution in [0.15, 0.2) is 51.6 Å². The number of amides is 1. The smallest absolute Gasteiger partial charge is 0.231 e. The van der Waals surface area contributed by atoms with Gasteiger partial charge in [0.1, 0.15) is 11.3 Å². The Morgan fingerprint density at radius 2 is 2.09 bits per heavy atom. The Hall–Kier alpha value is -1.77. The van der Waals surface area contributed by atoms with E-state index in [1.165, 1.54) is 35.2 Å². The Morgan fingerprint density at radius 3 is 2.74 bits per heavy atom. The fourth-order valence-corrected chi connectivity index (χ4v) is 4.09. The zero-order valence-electron chi connectivity index (χ0n) is 11.8. The largest absolute Gasteiger partial charge is 0.344 e. The Morgan fingerprint density at radius 1 is 1.26 bits per heavy atom. The van der Waals surface area contributed by atoms with Gasteiger partial charge in [-0.05, 0) is 29.1 Å². The average molecular weight is 365 g/mol. The summed E-state index contributed by atoms with van der Waals surface area (Å²) in [7, 11) is 0. The number of hydrogen-bond acceptors (Lipinski definition) is 6. The number of carbonyl (C=O) groups is 1. The molecule has 1 amide bonds. The molecule has 1 N–H and O–H groups in total. The number of nitrogens with one attached hydrogen (secondary N) is 1. The lowest BCUT2D eigenvalue weighted by molar-refractivity contribution is -0.119. The van der Waals surface area contributed by atoms with Crippen LogP contribution in [0.5, 0.6) is 0 Å². The van der Waals surface area contributed by atoms with Crippen LogP contribution in [0.2, 0.25) is 0 Å². The standard InChI is InChI=1S/C15H12FN3OS3/c16-11-5-3-10(4-6-11)14(12-2-1-7-21-12)18-13(20)8-22-15-19-17-9-23-15/h1-7,9,14H,8H2,(H,18,20)/t14-/m1/s1. The molecule has 8 heteroatoms. The molecule has 3 rings (SSSR count). The van der Waals surface area contributed by atoms with Crippen molar-refractivity contribution >= 4 is 40.3 Å². The molecule has 0 spiro atoms. The van der Waals surface area contributed by atoms with Crippen molar-refractivity contribution in [1.29, 1.82) is 0 Å². The zero-order valence-corrected chi connectivity index (χ0v) is 14.3. The van der Waals surface area contributed by atoms with E-state index in [0.29, 0.717) is 0 Å². The number of rotatable bonds is 6. The highest BCUT2D eigenvalue weighted by atomic mass is 32.2. The second-order valence-corrected chi connectivity index (χ2v) is 7.60. The summed E-state index contributed by atoms with van der Waals surface area (Å²) in [5.41, 5.74) is 2.48. The minimum atomic E-state index is -0.295. The Bertz CT molecular complexity index is 745. The van der Waals surface area contributed by atoms with E-state index in [0.717, 1.165) is 14.8 Å². The predicted octanol–water partition coefficient (Wildman–Crippen LogP) is 3.74. The van der Waals surface area contributed by atoms with E-state index in [1.807, 2.05) is 17.5 Å². The third kappa shape index (κ3) is 4.37. The van der Waals surface area contributed by atoms with Crippen molar-refractivity contribution in [3.05, 3.63) is 63.5 Å². The lowest BCUT2D eigenvalue weighted by Crippen LogP contribution is -2.30. The van der Waals surface area contributed by atoms with Crippen molar-refractivity contribution in [2.24, 2.45) is 0 Å². The molecule has 0 radical (unpaired) electrons. The summed E-state index contributed by atoms with van der Waals surface area (Å²) in [5, 5.41) is 12.6. The van der Waals surface area contributed by atoms with Crippen LogP contribution in [0.4, 0.5) is 4.39 Å². The van der Waals surface area contributed by atoms with Crippen molar-refractivity contribution in [3.8, 4) is 0 Å². The van der Waals surface area contributed by atoms with Gasteiger partial charge in [0.15, 0.2) is 4.34 Å². The van der Waals surface area contributed by atoms with Crippen molar-refractivity contribution in [3.63, 3.8) is 0 Å². The van der Waals surface area contributed by atoms with Crippen LogP contribution in [0.25, 0.3) is 0 Å². The SMILES string of the molecule is O=C(CSc1nncs1)N[C@H](c1ccc(F)cc1)c1cccs1. The van der Waals surface area contributed by atoms with Gasteiger partial charge in [-0.1, -0.05) is 41.3 Å². The summed E-state index contributed by atoms with van der Waals surface area (Å²) in [5.74, 6) is -0.136. The number of nitrogens with zero attached hydrogens (tertiary/aromatic N) is 2. The summed E-state index contributed by atoms with van der Waals surface area (Å²) >= 11 is 4.30. The molecular formula is C15H12FN3OS3. The summed E-state index contributed by atoms with van der Waals surface area (Å²) in [6.07, 6.45) is 0. The van der Waals surface area contributed by atoms with Crippen molar-refractivity contribution in [2.75, 3.05) is 5.75 Å². The van der Waals surface area contributed by atoms with Crippen molar-refractivity contribution in [2.45, 2.75) is 10.4 Å². The molecule has 0 aliphatic carbocycles. The predicted molar refractivity (Wildman–Crippen MR) is 91.3 cm³/mol. The van der Waals surface area contributed by atoms with Gasteiger partial charge in [-0.3, -0.25) is 4.79 Å². The molecule has 0 fully saturated rings. The van der Waals surface area contributed by atoms with E-state index in [9.17, 15) is 9.18 Å². The van der Waals surface area contributed by atoms with Gasteiger partial charge >= 0.3 is 0 Å². The Kier molecular flexibility index (Phi) is 5.37. The lowest BCUT2D eigenvalue weighted by atomic mass is 10.1. The van der Waals surface area contributed by atoms with Gasteiger partial charge < -0.3 is 5.32 Å². The number of hydrogen-bond donors (Lipinski definition) is 1. The van der Waals surface area contributed by atoms with Gasteiger partial charge in [0.25, 0.3) is 0 Å². The highest BCUT2D eigenvalue weighted by molar-refractivity contribution is 8.01. The van der Waals surface area contributed by atoms with Crippen LogP contribution in [-0.4, -0.2) is 21.9 Å². The second kappa shape index (κ2) is 7.67. The minimum Gasteiger partial charge on any atom is -0.344 e. The van der Waals surface area contributed by atoms with Gasteiger partial charge in [0.2, 0.25) is 5.91 Å². The number of benzene rings is 1. The van der Waals surface area contributed by atoms with E-state index < -0.39 is 0 Å². The molecule has 4 nitrogen and oxygen atoms in total. The summed E-state index contributed by atoms with van der Waals surface area (Å²) in [4.78, 5) is 13.2. The molecule has 0 unspecified atom stereocenters. The van der Waals surface area contributed by atoms with Gasteiger partial charge in [0, 0.05) is 4.88 Å². The molecule has 118 valence electrons. The monoisotopic (exact) mass is 365 g/mol. The fraction of sp³-hybridized carbons (Fsp3) is 0.133. The highest BCUT2D eigenvalue weighted by Crippen LogP contribution is 2.27. The number of carbonyl (C=O) groups excluding carboxylic acids is 1. The molecule has 3 aromatic rings. The minimum absolute atomic E-state index is 0.104. The fourth-order valence-electron chi connectivity index (χ4n) is 1.99. The molecule has 2 heterocycles. The Labute approximate surface area is 144 Å². The summed E-state index contributed by atoms with van der Waals surface area (Å²) in [6, 6.07) is 9.79. The molecule has 23 heavy (non-hydrogen) atoms. The first kappa shape index (κ1) is 16.1. The Balaban J connectivity index is 1.71. The van der Waals surface area contributed by atoms with Crippen molar-refractivity contribution in [1.82, 2.24) is 15.5 Å². The second-order valence-electron chi connectivity index (χ2n) is 4.56. The maximum Gasteiger partial charge on any atom is 0.231 e. The molecule has 0 saturated heterocycles. The maximum atomic E-state index is 13.1. The van der Waals surface area contributed by atoms with E-state index in [4.69, 9.17) is 0 Å². The molecule has 1 atom stereocenters. The highest BCUT2D eigenvalue weighted by Gasteiger charge is 2.18. The zero-order chi connectivity index (χ0) is 16.1. The van der Waals surface area contributed by atoms with Crippen LogP contribution in [-0.2, 0) is 4.79 Å². The number of aromatic nitrogens is 2. The van der Waals surface area contributed by atoms with E-state index in [1.54, 1.807) is 29.0 Å². The van der Waals surface area contributed by atoms with E-state index in [-0.39, 0.29) is 23.5 Å². The third-order valence-corrected chi connectivity index (χ3v) is 5.80. The van der Waals surface area contributed by atoms with Gasteiger partial charge in [-0.15, -0.1) is 21.5 Å². The quantitative estimate of drug-likeness (QED) is 0.676. The van der Waals surface area contributed by atoms with Gasteiger partial charge in [0.05, 0.1) is 11.8 Å². The maximum absolute atomic E-state index is 13.1. The molecule has 0 aliphatic rings. The first-order chi connectivity index (χ1) is 11.2. The molecule has 0 bridgehead atoms. The van der Waals surface area contributed by atoms with Crippen LogP contribution in [0, 0.1) is 5.82 Å². The molecule has 0 aliphatic heterocycles. The van der Waals surface area contributed by atoms with Crippen LogP contribution >= 0.6 is 34.4 Å². The van der Waals surface area contributed by atoms with Crippen LogP contribution in [0.3, 0.4) is 0 Å². The molecule has 2 aromatic heterocycles. The number of halogens is 1. The van der Waals surface area contributed by atoms with Crippen molar-refractivity contribution < 1.29 is 9.18 Å². The molecule has 0 saturated carbocycles. The first-order valence-electron chi connectivity index (χ1n) is 6.69. The molecular weight excluding hydrogens is 353 g/mol. The van der Waals surface area contributed by atoms with Crippen LogP contribution < -0.4 is 5.32 Å². The van der Waals surface area contributed by atoms with Gasteiger partial charge in [-0.2, -0.15) is 0 Å². The first-order valence-corrected chi connectivity index (χ1v) is 9.44. The topological polar surface area (TPSA) is 54.9 Å². The summed E-state index contributed by atoms with van der Waals surface area (Å²) in [6.45, 7) is 0. The summed E-state index contributed by atoms with van der Waals surface area (Å²) < 4.78 is 13.9. The van der Waals surface area contributed by atoms with Gasteiger partial charge in [-0.25, -0.2) is 4.39 Å².